The predicted octanol–water partition coefficient (Wildman–Crippen LogP) is 2.08. The van der Waals surface area contributed by atoms with Crippen molar-refractivity contribution in [2.45, 2.75) is 51.6 Å². The molecule has 0 bridgehead atoms. The maximum Gasteiger partial charge on any atom is 0.0948 e. The average molecular weight is 276 g/mol. The molecule has 1 aromatic rings. The summed E-state index contributed by atoms with van der Waals surface area (Å²) >= 11 is 0. The van der Waals surface area contributed by atoms with E-state index in [1.165, 1.54) is 44.6 Å². The van der Waals surface area contributed by atoms with Crippen molar-refractivity contribution >= 4 is 0 Å². The first-order valence-corrected chi connectivity index (χ1v) is 8.19. The van der Waals surface area contributed by atoms with Crippen LogP contribution in [0, 0.1) is 5.92 Å². The predicted molar refractivity (Wildman–Crippen MR) is 81.9 cm³/mol. The first kappa shape index (κ1) is 14.1. The fourth-order valence-corrected chi connectivity index (χ4v) is 3.69. The number of nitrogens with zero attached hydrogens (tertiary/aromatic N) is 3. The molecule has 1 N–H and O–H groups in total. The molecule has 2 aliphatic rings. The van der Waals surface area contributed by atoms with Gasteiger partial charge >= 0.3 is 0 Å². The van der Waals surface area contributed by atoms with E-state index in [0.29, 0.717) is 12.0 Å². The van der Waals surface area contributed by atoms with Gasteiger partial charge in [0.25, 0.3) is 0 Å². The van der Waals surface area contributed by atoms with Crippen LogP contribution in [-0.4, -0.2) is 46.7 Å². The Hall–Kier alpha value is -0.870. The van der Waals surface area contributed by atoms with Gasteiger partial charge in [-0.25, -0.2) is 4.98 Å². The molecule has 2 aliphatic heterocycles. The Labute approximate surface area is 122 Å². The van der Waals surface area contributed by atoms with Crippen molar-refractivity contribution in [3.05, 3.63) is 18.2 Å². The van der Waals surface area contributed by atoms with Gasteiger partial charge in [-0.05, 0) is 52.1 Å². The SMILES string of the molecule is CC(C)N1CCC(Cn2cncc2C2CCCNC2)C1. The van der Waals surface area contributed by atoms with Crippen LogP contribution < -0.4 is 5.32 Å². The number of imidazole rings is 1. The van der Waals surface area contributed by atoms with Gasteiger partial charge < -0.3 is 14.8 Å². The zero-order valence-corrected chi connectivity index (χ0v) is 12.9. The highest BCUT2D eigenvalue weighted by molar-refractivity contribution is 5.08. The quantitative estimate of drug-likeness (QED) is 0.914. The normalized spacial score (nSPS) is 28.4. The zero-order chi connectivity index (χ0) is 13.9. The van der Waals surface area contributed by atoms with E-state index in [1.807, 2.05) is 6.33 Å². The standard InChI is InChI=1S/C16H28N4/c1-13(2)19-7-5-14(10-19)11-20-12-18-9-16(20)15-4-3-6-17-8-15/h9,12-15,17H,3-8,10-11H2,1-2H3. The fourth-order valence-electron chi connectivity index (χ4n) is 3.69. The Bertz CT molecular complexity index is 420. The summed E-state index contributed by atoms with van der Waals surface area (Å²) in [4.78, 5) is 7.02. The summed E-state index contributed by atoms with van der Waals surface area (Å²) in [5.74, 6) is 1.45. The second kappa shape index (κ2) is 6.27. The molecule has 2 saturated heterocycles. The zero-order valence-electron chi connectivity index (χ0n) is 12.9. The third kappa shape index (κ3) is 3.07. The Morgan fingerprint density at radius 3 is 3.00 bits per heavy atom. The number of hydrogen-bond acceptors (Lipinski definition) is 3. The molecule has 0 amide bonds. The van der Waals surface area contributed by atoms with E-state index in [0.717, 1.165) is 19.0 Å². The van der Waals surface area contributed by atoms with Crippen LogP contribution in [0.25, 0.3) is 0 Å². The van der Waals surface area contributed by atoms with Crippen LogP contribution in [0.1, 0.15) is 44.7 Å². The second-order valence-electron chi connectivity index (χ2n) is 6.76. The second-order valence-corrected chi connectivity index (χ2v) is 6.76. The van der Waals surface area contributed by atoms with Crippen LogP contribution in [0.5, 0.6) is 0 Å². The number of piperidine rings is 1. The molecule has 0 spiro atoms. The van der Waals surface area contributed by atoms with Gasteiger partial charge in [0.2, 0.25) is 0 Å². The average Bonchev–Trinajstić information content (AvgIpc) is 3.09. The molecule has 3 rings (SSSR count). The summed E-state index contributed by atoms with van der Waals surface area (Å²) in [7, 11) is 0. The fraction of sp³-hybridized carbons (Fsp3) is 0.812. The first-order valence-electron chi connectivity index (χ1n) is 8.19. The summed E-state index contributed by atoms with van der Waals surface area (Å²) in [6, 6.07) is 0.685. The highest BCUT2D eigenvalue weighted by Gasteiger charge is 2.26. The van der Waals surface area contributed by atoms with Crippen molar-refractivity contribution in [1.82, 2.24) is 19.8 Å². The molecule has 0 radical (unpaired) electrons. The van der Waals surface area contributed by atoms with E-state index >= 15 is 0 Å². The minimum atomic E-state index is 0.661. The smallest absolute Gasteiger partial charge is 0.0948 e. The van der Waals surface area contributed by atoms with Gasteiger partial charge in [0.05, 0.1) is 6.33 Å². The van der Waals surface area contributed by atoms with E-state index in [2.05, 4.69) is 39.8 Å². The maximum atomic E-state index is 4.42. The molecule has 3 heterocycles. The molecule has 2 fully saturated rings. The third-order valence-electron chi connectivity index (χ3n) is 4.96. The van der Waals surface area contributed by atoms with Crippen LogP contribution >= 0.6 is 0 Å². The number of nitrogens with one attached hydrogen (secondary N) is 1. The van der Waals surface area contributed by atoms with E-state index in [-0.39, 0.29) is 0 Å². The minimum Gasteiger partial charge on any atom is -0.334 e. The van der Waals surface area contributed by atoms with Crippen LogP contribution in [0.4, 0.5) is 0 Å². The van der Waals surface area contributed by atoms with Crippen molar-refractivity contribution in [2.75, 3.05) is 26.2 Å². The monoisotopic (exact) mass is 276 g/mol. The summed E-state index contributed by atoms with van der Waals surface area (Å²) in [5, 5.41) is 3.52. The summed E-state index contributed by atoms with van der Waals surface area (Å²) in [6.45, 7) is 10.6. The number of likely N-dealkylation sites (tertiary alicyclic amines) is 1. The van der Waals surface area contributed by atoms with Crippen LogP contribution in [0.2, 0.25) is 0 Å². The van der Waals surface area contributed by atoms with Crippen molar-refractivity contribution in [3.63, 3.8) is 0 Å². The van der Waals surface area contributed by atoms with Gasteiger partial charge in [-0.1, -0.05) is 0 Å². The number of hydrogen-bond donors (Lipinski definition) is 1. The molecule has 20 heavy (non-hydrogen) atoms. The molecular formula is C16H28N4. The molecule has 0 aliphatic carbocycles. The van der Waals surface area contributed by atoms with Gasteiger partial charge in [-0.2, -0.15) is 0 Å². The first-order chi connectivity index (χ1) is 9.74. The lowest BCUT2D eigenvalue weighted by Crippen LogP contribution is -2.30. The molecule has 1 aromatic heterocycles. The van der Waals surface area contributed by atoms with Crippen molar-refractivity contribution < 1.29 is 0 Å². The Kier molecular flexibility index (Phi) is 4.41. The molecule has 2 atom stereocenters. The van der Waals surface area contributed by atoms with Crippen LogP contribution in [0.3, 0.4) is 0 Å². The van der Waals surface area contributed by atoms with Crippen LogP contribution in [-0.2, 0) is 6.54 Å². The van der Waals surface area contributed by atoms with Crippen molar-refractivity contribution in [3.8, 4) is 0 Å². The van der Waals surface area contributed by atoms with Gasteiger partial charge in [0.1, 0.15) is 0 Å². The number of aromatic nitrogens is 2. The largest absolute Gasteiger partial charge is 0.334 e. The van der Waals surface area contributed by atoms with Gasteiger partial charge in [0, 0.05) is 43.5 Å². The highest BCUT2D eigenvalue weighted by Crippen LogP contribution is 2.26. The minimum absolute atomic E-state index is 0.661. The van der Waals surface area contributed by atoms with E-state index < -0.39 is 0 Å². The van der Waals surface area contributed by atoms with Crippen LogP contribution in [0.15, 0.2) is 12.5 Å². The lowest BCUT2D eigenvalue weighted by Gasteiger charge is -2.25. The lowest BCUT2D eigenvalue weighted by molar-refractivity contribution is 0.260. The molecule has 0 aromatic carbocycles. The Morgan fingerprint density at radius 2 is 2.30 bits per heavy atom. The number of rotatable bonds is 4. The van der Waals surface area contributed by atoms with E-state index in [1.54, 1.807) is 0 Å². The van der Waals surface area contributed by atoms with Gasteiger partial charge in [-0.15, -0.1) is 0 Å². The molecule has 2 unspecified atom stereocenters. The lowest BCUT2D eigenvalue weighted by atomic mass is 9.96. The highest BCUT2D eigenvalue weighted by atomic mass is 15.2. The molecule has 112 valence electrons. The summed E-state index contributed by atoms with van der Waals surface area (Å²) in [5.41, 5.74) is 1.44. The summed E-state index contributed by atoms with van der Waals surface area (Å²) in [6.07, 6.45) is 8.06. The van der Waals surface area contributed by atoms with E-state index in [9.17, 15) is 0 Å². The molecule has 4 nitrogen and oxygen atoms in total. The van der Waals surface area contributed by atoms with Crippen molar-refractivity contribution in [2.24, 2.45) is 5.92 Å². The van der Waals surface area contributed by atoms with Gasteiger partial charge in [0.15, 0.2) is 0 Å². The van der Waals surface area contributed by atoms with Crippen molar-refractivity contribution in [1.29, 1.82) is 0 Å². The molecule has 0 saturated carbocycles. The third-order valence-corrected chi connectivity index (χ3v) is 4.96. The maximum absolute atomic E-state index is 4.42. The summed E-state index contributed by atoms with van der Waals surface area (Å²) < 4.78 is 2.42. The van der Waals surface area contributed by atoms with E-state index in [4.69, 9.17) is 0 Å². The Balaban J connectivity index is 1.62. The Morgan fingerprint density at radius 1 is 1.40 bits per heavy atom. The van der Waals surface area contributed by atoms with Gasteiger partial charge in [-0.3, -0.25) is 0 Å². The molecule has 4 heteroatoms. The molecular weight excluding hydrogens is 248 g/mol. The topological polar surface area (TPSA) is 33.1 Å².